The molecule has 5 atom stereocenters. The summed E-state index contributed by atoms with van der Waals surface area (Å²) in [7, 11) is 1.25. The Balaban J connectivity index is 1.91. The van der Waals surface area contributed by atoms with Gasteiger partial charge < -0.3 is 23.5 Å². The second-order valence-electron chi connectivity index (χ2n) is 5.32. The van der Waals surface area contributed by atoms with E-state index in [4.69, 9.17) is 21.0 Å². The summed E-state index contributed by atoms with van der Waals surface area (Å²) in [4.78, 5) is 0. The van der Waals surface area contributed by atoms with Crippen LogP contribution < -0.4 is 0 Å². The molecule has 2 unspecified atom stereocenters. The Kier molecular flexibility index (Phi) is 7.58. The van der Waals surface area contributed by atoms with Crippen LogP contribution in [0, 0.1) is 5.92 Å². The lowest BCUT2D eigenvalue weighted by atomic mass is 10.1. The Hall–Kier alpha value is -0.135. The van der Waals surface area contributed by atoms with Crippen LogP contribution in [-0.2, 0) is 25.0 Å². The number of ether oxygens (including phenoxy) is 3. The molecule has 5 nitrogen and oxygen atoms in total. The molecule has 1 aliphatic rings. The molecule has 0 saturated heterocycles. The fraction of sp³-hybridized carbons (Fsp3) is 0.600. The predicted molar refractivity (Wildman–Crippen MR) is 94.9 cm³/mol. The molecule has 8 heteroatoms. The van der Waals surface area contributed by atoms with Gasteiger partial charge in [-0.05, 0) is 13.3 Å². The first-order chi connectivity index (χ1) is 12.2. The van der Waals surface area contributed by atoms with Crippen LogP contribution in [0.15, 0.2) is 30.3 Å². The van der Waals surface area contributed by atoms with Gasteiger partial charge in [-0.2, -0.15) is 0 Å². The van der Waals surface area contributed by atoms with Gasteiger partial charge in [-0.15, -0.1) is 0 Å². The zero-order valence-electron chi connectivity index (χ0n) is 15.0. The molecule has 0 heterocycles. The summed E-state index contributed by atoms with van der Waals surface area (Å²) in [6, 6.07) is 9.77. The van der Waals surface area contributed by atoms with Crippen molar-refractivity contribution >= 4 is 26.8 Å². The van der Waals surface area contributed by atoms with E-state index in [-0.39, 0.29) is 18.8 Å². The monoisotopic (exact) mass is 360 g/mol. The highest BCUT2D eigenvalue weighted by atomic mass is 32.7. The van der Waals surface area contributed by atoms with E-state index >= 15 is 0 Å². The molecule has 1 radical (unpaired) electrons. The fourth-order valence-corrected chi connectivity index (χ4v) is 3.36. The third-order valence-corrected chi connectivity index (χ3v) is 4.68. The average molecular weight is 360 g/mol. The van der Waals surface area contributed by atoms with Crippen LogP contribution >= 0.6 is 19.3 Å². The predicted octanol–water partition coefficient (Wildman–Crippen LogP) is 2.02. The van der Waals surface area contributed by atoms with Crippen molar-refractivity contribution in [3.05, 3.63) is 35.9 Å². The van der Waals surface area contributed by atoms with Crippen molar-refractivity contribution < 1.29 is 23.5 Å². The van der Waals surface area contributed by atoms with Gasteiger partial charge >= 0.3 is 0 Å². The standard InChI is InChI=1S/C15H23BO5PS/c1-18-10-20-13-7-12(9-21-23-22-16)15(14(13)17)19-8-11-5-3-2-4-6-11/h2-6,12-17,22H,7-10H2,1H3/t12-,13?,14-,15-,22?/m1/s1/i16T,22D. The van der Waals surface area contributed by atoms with Gasteiger partial charge in [0.15, 0.2) is 0 Å². The van der Waals surface area contributed by atoms with Crippen LogP contribution in [0.2, 0.25) is 0 Å². The summed E-state index contributed by atoms with van der Waals surface area (Å²) in [6.45, 7) is 0.843. The number of methoxy groups -OCH3 is 1. The number of aliphatic hydroxyl groups is 1. The van der Waals surface area contributed by atoms with E-state index in [0.717, 1.165) is 24.8 Å². The fourth-order valence-electron chi connectivity index (χ4n) is 2.70. The van der Waals surface area contributed by atoms with Gasteiger partial charge in [0.2, 0.25) is 0 Å². The van der Waals surface area contributed by atoms with E-state index in [9.17, 15) is 5.11 Å². The molecule has 127 valence electrons. The van der Waals surface area contributed by atoms with Gasteiger partial charge in [0.25, 0.3) is 0 Å². The molecule has 0 aromatic heterocycles. The molecule has 1 aliphatic carbocycles. The third-order valence-electron chi connectivity index (χ3n) is 3.78. The molecule has 23 heavy (non-hydrogen) atoms. The van der Waals surface area contributed by atoms with E-state index in [1.165, 1.54) is 7.11 Å². The minimum Gasteiger partial charge on any atom is -0.388 e. The minimum absolute atomic E-state index is 0.0535. The smallest absolute Gasteiger partial charge is 0.146 e. The van der Waals surface area contributed by atoms with Gasteiger partial charge in [0, 0.05) is 24.7 Å². The van der Waals surface area contributed by atoms with Crippen molar-refractivity contribution in [1.82, 2.24) is 0 Å². The van der Waals surface area contributed by atoms with Crippen molar-refractivity contribution in [2.24, 2.45) is 5.92 Å². The van der Waals surface area contributed by atoms with E-state index in [1.54, 1.807) is 0 Å². The quantitative estimate of drug-likeness (QED) is 0.282. The lowest BCUT2D eigenvalue weighted by Gasteiger charge is -2.23. The van der Waals surface area contributed by atoms with Gasteiger partial charge in [-0.25, -0.2) is 0 Å². The molecule has 1 fully saturated rings. The van der Waals surface area contributed by atoms with Gasteiger partial charge in [0.05, 0.1) is 26.7 Å². The highest BCUT2D eigenvalue weighted by Gasteiger charge is 2.44. The van der Waals surface area contributed by atoms with Gasteiger partial charge in [-0.3, -0.25) is 0 Å². The topological polar surface area (TPSA) is 57.2 Å². The second-order valence-corrected chi connectivity index (χ2v) is 7.00. The summed E-state index contributed by atoms with van der Waals surface area (Å²) in [5, 5.41) is 10.5. The molecular weight excluding hydrogens is 334 g/mol. The van der Waals surface area contributed by atoms with Crippen LogP contribution in [-0.4, -0.2) is 54.1 Å². The Bertz CT molecular complexity index is 492. The number of benzene rings is 1. The lowest BCUT2D eigenvalue weighted by Crippen LogP contribution is -2.35. The van der Waals surface area contributed by atoms with Crippen LogP contribution in [0.1, 0.15) is 12.0 Å². The van der Waals surface area contributed by atoms with Crippen molar-refractivity contribution in [3.8, 4) is 0 Å². The first-order valence-electron chi connectivity index (χ1n) is 8.41. The molecule has 1 aromatic carbocycles. The van der Waals surface area contributed by atoms with Crippen LogP contribution in [0.3, 0.4) is 0 Å². The zero-order chi connectivity index (χ0) is 18.1. The lowest BCUT2D eigenvalue weighted by molar-refractivity contribution is -0.126. The maximum atomic E-state index is 10.5. The van der Waals surface area contributed by atoms with E-state index in [0.29, 0.717) is 19.6 Å². The van der Waals surface area contributed by atoms with Crippen molar-refractivity contribution in [1.29, 1.82) is 2.61 Å². The van der Waals surface area contributed by atoms with E-state index in [1.807, 2.05) is 30.3 Å². The van der Waals surface area contributed by atoms with Crippen LogP contribution in [0.4, 0.5) is 0 Å². The summed E-state index contributed by atoms with van der Waals surface area (Å²) in [6.07, 6.45) is -0.970. The molecular formula is C15H23BO5PS. The van der Waals surface area contributed by atoms with Crippen molar-refractivity contribution in [2.45, 2.75) is 31.3 Å². The molecule has 1 saturated carbocycles. The Morgan fingerprint density at radius 2 is 2.30 bits per heavy atom. The summed E-state index contributed by atoms with van der Waals surface area (Å²) in [5.41, 5.74) is 1.03. The number of rotatable bonds is 11. The van der Waals surface area contributed by atoms with Crippen molar-refractivity contribution in [3.63, 3.8) is 0 Å². The highest BCUT2D eigenvalue weighted by Crippen LogP contribution is 2.34. The Labute approximate surface area is 147 Å². The normalized spacial score (nSPS) is 29.8. The number of hydrogen-bond acceptors (Lipinski definition) is 6. The summed E-state index contributed by atoms with van der Waals surface area (Å²) >= 11 is 0.986. The first kappa shape index (κ1) is 16.3. The molecule has 0 amide bonds. The van der Waals surface area contributed by atoms with E-state index in [2.05, 4.69) is 0 Å². The second kappa shape index (κ2) is 10.7. The number of aliphatic hydroxyl groups excluding tert-OH is 1. The first-order valence-corrected chi connectivity index (χ1v) is 9.70. The summed E-state index contributed by atoms with van der Waals surface area (Å²) in [5.74, 6) is -0.0535. The van der Waals surface area contributed by atoms with Gasteiger partial charge in [-0.1, -0.05) is 37.9 Å². The Morgan fingerprint density at radius 1 is 1.48 bits per heavy atom. The maximum Gasteiger partial charge on any atom is 0.146 e. The average Bonchev–Trinajstić information content (AvgIpc) is 2.94. The molecule has 1 aromatic rings. The molecule has 1 N–H and O–H groups in total. The maximum absolute atomic E-state index is 10.5. The van der Waals surface area contributed by atoms with Crippen LogP contribution in [0.25, 0.3) is 0 Å². The largest absolute Gasteiger partial charge is 0.388 e. The molecule has 0 aliphatic heterocycles. The number of hydrogen-bond donors (Lipinski definition) is 1. The zero-order valence-corrected chi connectivity index (χ0v) is 14.7. The van der Waals surface area contributed by atoms with Crippen LogP contribution in [0.5, 0.6) is 0 Å². The highest BCUT2D eigenvalue weighted by molar-refractivity contribution is 8.53. The molecule has 0 spiro atoms. The van der Waals surface area contributed by atoms with Gasteiger partial charge in [0.1, 0.15) is 20.4 Å². The van der Waals surface area contributed by atoms with Crippen molar-refractivity contribution in [2.75, 3.05) is 20.5 Å². The minimum atomic E-state index is -1.36. The third kappa shape index (κ3) is 6.02. The SMILES string of the molecule is [2H]P([B][3H])SOC[C@H]1CC(OCOC)[C@@H](O)[C@@H]1OCc1ccccc1. The molecule has 0 bridgehead atoms. The van der Waals surface area contributed by atoms with E-state index < -0.39 is 19.8 Å². The molecule has 2 rings (SSSR count). The summed E-state index contributed by atoms with van der Waals surface area (Å²) < 4.78 is 36.5. The Morgan fingerprint density at radius 3 is 3.04 bits per heavy atom.